The van der Waals surface area contributed by atoms with E-state index in [-0.39, 0.29) is 18.4 Å². The van der Waals surface area contributed by atoms with Crippen LogP contribution in [0.3, 0.4) is 0 Å². The Morgan fingerprint density at radius 3 is 2.18 bits per heavy atom. The molecule has 0 bridgehead atoms. The van der Waals surface area contributed by atoms with Crippen LogP contribution >= 0.6 is 0 Å². The zero-order chi connectivity index (χ0) is 23.6. The second-order valence-corrected chi connectivity index (χ2v) is 8.08. The van der Waals surface area contributed by atoms with Gasteiger partial charge >= 0.3 is 0 Å². The number of imide groups is 1. The lowest BCUT2D eigenvalue weighted by Gasteiger charge is -2.41. The first-order valence-corrected chi connectivity index (χ1v) is 10.4. The number of hydrogen-bond acceptors (Lipinski definition) is 5. The molecule has 4 rings (SSSR count). The highest BCUT2D eigenvalue weighted by atomic mass is 19.1. The quantitative estimate of drug-likeness (QED) is 0.460. The molecule has 1 heterocycles. The molecule has 1 aliphatic heterocycles. The van der Waals surface area contributed by atoms with Gasteiger partial charge in [0.2, 0.25) is 5.91 Å². The molecule has 0 fully saturated rings. The number of carbonyl (C=O) groups is 3. The Morgan fingerprint density at radius 2 is 1.58 bits per heavy atom. The average molecular weight is 452 g/mol. The number of benzene rings is 2. The fourth-order valence-corrected chi connectivity index (χ4v) is 4.13. The molecular weight excluding hydrogens is 430 g/mol. The number of carbonyl (C=O) groups excluding carboxylic acids is 3. The molecular formula is C24H22F2N4O3. The minimum absolute atomic E-state index is 0.119. The second-order valence-electron chi connectivity index (χ2n) is 8.08. The summed E-state index contributed by atoms with van der Waals surface area (Å²) in [5.41, 5.74) is 6.64. The summed E-state index contributed by atoms with van der Waals surface area (Å²) < 4.78 is 26.9. The van der Waals surface area contributed by atoms with Crippen molar-refractivity contribution in [2.75, 3.05) is 10.6 Å². The van der Waals surface area contributed by atoms with E-state index in [1.165, 1.54) is 24.3 Å². The van der Waals surface area contributed by atoms with Crippen LogP contribution in [-0.4, -0.2) is 23.3 Å². The van der Waals surface area contributed by atoms with Gasteiger partial charge in [0.1, 0.15) is 11.6 Å². The minimum Gasteiger partial charge on any atom is -0.374 e. The summed E-state index contributed by atoms with van der Waals surface area (Å²) >= 11 is 0. The Labute approximate surface area is 188 Å². The fraction of sp³-hybridized carbons (Fsp3) is 0.208. The van der Waals surface area contributed by atoms with Crippen LogP contribution in [0.25, 0.3) is 0 Å². The molecule has 3 amide bonds. The Hall–Kier alpha value is -4.01. The van der Waals surface area contributed by atoms with E-state index in [4.69, 9.17) is 5.73 Å². The maximum absolute atomic E-state index is 13.5. The van der Waals surface area contributed by atoms with E-state index in [9.17, 15) is 23.2 Å². The highest BCUT2D eigenvalue weighted by Gasteiger charge is 2.44. The van der Waals surface area contributed by atoms with E-state index in [2.05, 4.69) is 16.0 Å². The molecule has 0 saturated carbocycles. The van der Waals surface area contributed by atoms with Crippen LogP contribution in [0.15, 0.2) is 71.5 Å². The zero-order valence-electron chi connectivity index (χ0n) is 17.6. The van der Waals surface area contributed by atoms with Gasteiger partial charge in [-0.1, -0.05) is 0 Å². The van der Waals surface area contributed by atoms with Crippen LogP contribution < -0.4 is 21.7 Å². The standard InChI is InChI=1S/C24H22F2N4O3/c25-14-3-7-16(8-4-14)28-20-12-18-19(23(33)29-22(18)32)13-24(20,11-1-2-21(27)31)30-17-9-5-15(26)6-10-17/h3-10,12,28,30H,1-2,11,13H2,(H2,27,31)(H,29,32,33). The van der Waals surface area contributed by atoms with Gasteiger partial charge in [0.25, 0.3) is 11.8 Å². The SMILES string of the molecule is NC(=O)CCCC1(Nc2ccc(F)cc2)CC2=C(C=C1Nc1ccc(F)cc1)C(=O)NC2=O. The number of hydrogen-bond donors (Lipinski definition) is 4. The smallest absolute Gasteiger partial charge is 0.258 e. The summed E-state index contributed by atoms with van der Waals surface area (Å²) in [6.07, 6.45) is 2.60. The third kappa shape index (κ3) is 4.77. The lowest BCUT2D eigenvalue weighted by atomic mass is 9.77. The number of nitrogens with one attached hydrogen (secondary N) is 3. The van der Waals surface area contributed by atoms with Gasteiger partial charge in [-0.3, -0.25) is 19.7 Å². The Morgan fingerprint density at radius 1 is 0.970 bits per heavy atom. The lowest BCUT2D eigenvalue weighted by molar-refractivity contribution is -0.124. The third-order valence-corrected chi connectivity index (χ3v) is 5.73. The molecule has 2 aromatic carbocycles. The summed E-state index contributed by atoms with van der Waals surface area (Å²) in [5, 5.41) is 8.92. The number of nitrogens with two attached hydrogens (primary N) is 1. The maximum atomic E-state index is 13.5. The van der Waals surface area contributed by atoms with Crippen LogP contribution in [0, 0.1) is 11.6 Å². The van der Waals surface area contributed by atoms with Crippen molar-refractivity contribution in [3.63, 3.8) is 0 Å². The van der Waals surface area contributed by atoms with Crippen LogP contribution in [0.1, 0.15) is 25.7 Å². The summed E-state index contributed by atoms with van der Waals surface area (Å²) in [6.45, 7) is 0. The van der Waals surface area contributed by atoms with Crippen LogP contribution in [0.4, 0.5) is 20.2 Å². The van der Waals surface area contributed by atoms with Gasteiger partial charge in [-0.2, -0.15) is 0 Å². The van der Waals surface area contributed by atoms with E-state index in [1.54, 1.807) is 30.3 Å². The number of rotatable bonds is 8. The first-order chi connectivity index (χ1) is 15.8. The normalized spacial score (nSPS) is 19.6. The van der Waals surface area contributed by atoms with Gasteiger partial charge in [-0.15, -0.1) is 0 Å². The van der Waals surface area contributed by atoms with Gasteiger partial charge in [0.05, 0.1) is 11.1 Å². The van der Waals surface area contributed by atoms with Gasteiger partial charge < -0.3 is 16.4 Å². The maximum Gasteiger partial charge on any atom is 0.258 e. The van der Waals surface area contributed by atoms with Crippen molar-refractivity contribution in [1.29, 1.82) is 0 Å². The predicted molar refractivity (Wildman–Crippen MR) is 119 cm³/mol. The number of amides is 3. The molecule has 1 unspecified atom stereocenters. The summed E-state index contributed by atoms with van der Waals surface area (Å²) in [6, 6.07) is 11.4. The highest BCUT2D eigenvalue weighted by molar-refractivity contribution is 6.21. The number of halogens is 2. The molecule has 0 radical (unpaired) electrons. The van der Waals surface area contributed by atoms with E-state index in [0.29, 0.717) is 35.5 Å². The molecule has 1 atom stereocenters. The zero-order valence-corrected chi connectivity index (χ0v) is 17.6. The van der Waals surface area contributed by atoms with E-state index in [0.717, 1.165) is 0 Å². The number of primary amides is 1. The molecule has 170 valence electrons. The molecule has 0 spiro atoms. The van der Waals surface area contributed by atoms with Crippen LogP contribution in [0.5, 0.6) is 0 Å². The molecule has 2 aliphatic rings. The average Bonchev–Trinajstić information content (AvgIpc) is 3.04. The van der Waals surface area contributed by atoms with Crippen molar-refractivity contribution in [2.45, 2.75) is 31.2 Å². The van der Waals surface area contributed by atoms with Gasteiger partial charge in [0, 0.05) is 35.5 Å². The largest absolute Gasteiger partial charge is 0.374 e. The third-order valence-electron chi connectivity index (χ3n) is 5.73. The van der Waals surface area contributed by atoms with Crippen molar-refractivity contribution in [3.8, 4) is 0 Å². The molecule has 0 saturated heterocycles. The Balaban J connectivity index is 1.77. The fourth-order valence-electron chi connectivity index (χ4n) is 4.13. The molecule has 9 heteroatoms. The van der Waals surface area contributed by atoms with Gasteiger partial charge in [-0.05, 0) is 67.4 Å². The van der Waals surface area contributed by atoms with Crippen molar-refractivity contribution >= 4 is 29.1 Å². The second kappa shape index (κ2) is 8.85. The van der Waals surface area contributed by atoms with Crippen molar-refractivity contribution in [1.82, 2.24) is 5.32 Å². The predicted octanol–water partition coefficient (Wildman–Crippen LogP) is 3.12. The molecule has 7 nitrogen and oxygen atoms in total. The first-order valence-electron chi connectivity index (χ1n) is 10.4. The van der Waals surface area contributed by atoms with Crippen molar-refractivity contribution in [3.05, 3.63) is 83.1 Å². The molecule has 33 heavy (non-hydrogen) atoms. The van der Waals surface area contributed by atoms with Crippen molar-refractivity contribution < 1.29 is 23.2 Å². The van der Waals surface area contributed by atoms with Gasteiger partial charge in [-0.25, -0.2) is 8.78 Å². The molecule has 5 N–H and O–H groups in total. The van der Waals surface area contributed by atoms with Crippen LogP contribution in [-0.2, 0) is 14.4 Å². The minimum atomic E-state index is -0.956. The van der Waals surface area contributed by atoms with Crippen LogP contribution in [0.2, 0.25) is 0 Å². The number of anilines is 2. The highest BCUT2D eigenvalue weighted by Crippen LogP contribution is 2.41. The molecule has 0 aromatic heterocycles. The van der Waals surface area contributed by atoms with E-state index in [1.807, 2.05) is 0 Å². The van der Waals surface area contributed by atoms with Gasteiger partial charge in [0.15, 0.2) is 0 Å². The first kappa shape index (κ1) is 22.2. The molecule has 1 aliphatic carbocycles. The van der Waals surface area contributed by atoms with E-state index >= 15 is 0 Å². The molecule has 2 aromatic rings. The summed E-state index contributed by atoms with van der Waals surface area (Å²) in [5.74, 6) is -2.25. The topological polar surface area (TPSA) is 113 Å². The summed E-state index contributed by atoms with van der Waals surface area (Å²) in [4.78, 5) is 36.2. The van der Waals surface area contributed by atoms with E-state index < -0.39 is 34.9 Å². The Bertz CT molecular complexity index is 1170. The summed E-state index contributed by atoms with van der Waals surface area (Å²) in [7, 11) is 0. The monoisotopic (exact) mass is 452 g/mol. The van der Waals surface area contributed by atoms with Crippen molar-refractivity contribution in [2.24, 2.45) is 5.73 Å². The Kier molecular flexibility index (Phi) is 5.95. The lowest BCUT2D eigenvalue weighted by Crippen LogP contribution is -2.45.